The lowest BCUT2D eigenvalue weighted by Crippen LogP contribution is -2.35. The molecule has 2 heterocycles. The summed E-state index contributed by atoms with van der Waals surface area (Å²) in [4.78, 5) is 10.8. The number of nitrogens with zero attached hydrogens (tertiary/aromatic N) is 2. The summed E-state index contributed by atoms with van der Waals surface area (Å²) < 4.78 is 23.9. The van der Waals surface area contributed by atoms with E-state index >= 15 is 0 Å². The summed E-state index contributed by atoms with van der Waals surface area (Å²) in [7, 11) is -3.24. The molecule has 0 spiro atoms. The highest BCUT2D eigenvalue weighted by molar-refractivity contribution is 7.88. The summed E-state index contributed by atoms with van der Waals surface area (Å²) in [5.41, 5.74) is 1.16. The van der Waals surface area contributed by atoms with E-state index in [0.29, 0.717) is 24.2 Å². The molecular weight excluding hydrogens is 234 g/mol. The topological polar surface area (TPSA) is 103 Å². The Labute approximate surface area is 92.1 Å². The van der Waals surface area contributed by atoms with Crippen molar-refractivity contribution in [3.63, 3.8) is 0 Å². The predicted octanol–water partition coefficient (Wildman–Crippen LogP) is -0.574. The maximum absolute atomic E-state index is 11.3. The fourth-order valence-corrected chi connectivity index (χ4v) is 2.54. The molecule has 0 radical (unpaired) electrons. The van der Waals surface area contributed by atoms with Gasteiger partial charge in [-0.05, 0) is 6.42 Å². The van der Waals surface area contributed by atoms with Gasteiger partial charge in [0.25, 0.3) is 0 Å². The van der Waals surface area contributed by atoms with Crippen LogP contribution in [0.5, 0.6) is 0 Å². The quantitative estimate of drug-likeness (QED) is 0.726. The minimum atomic E-state index is -3.24. The Balaban J connectivity index is 2.34. The number of nitrogens with one attached hydrogen (secondary N) is 1. The number of carbonyl (C=O) groups is 1. The second-order valence-electron chi connectivity index (χ2n) is 3.68. The van der Waals surface area contributed by atoms with Gasteiger partial charge < -0.3 is 5.11 Å². The standard InChI is InChI=1S/C8H11N3O4S/c1-16(14,15)11-3-2-5-6(4-11)9-10-7(5)8(12)13/h2-4H2,1H3,(H,9,10)(H,12,13). The van der Waals surface area contributed by atoms with Crippen molar-refractivity contribution >= 4 is 16.0 Å². The molecule has 0 saturated carbocycles. The number of hydrogen-bond donors (Lipinski definition) is 2. The summed E-state index contributed by atoms with van der Waals surface area (Å²) in [6, 6.07) is 0. The lowest BCUT2D eigenvalue weighted by atomic mass is 10.1. The van der Waals surface area contributed by atoms with E-state index in [1.807, 2.05) is 0 Å². The van der Waals surface area contributed by atoms with Crippen LogP contribution < -0.4 is 0 Å². The third kappa shape index (κ3) is 1.81. The number of hydrogen-bond acceptors (Lipinski definition) is 4. The molecule has 88 valence electrons. The summed E-state index contributed by atoms with van der Waals surface area (Å²) >= 11 is 0. The molecule has 0 atom stereocenters. The molecular formula is C8H11N3O4S. The van der Waals surface area contributed by atoms with Crippen molar-refractivity contribution in [2.45, 2.75) is 13.0 Å². The number of aromatic nitrogens is 2. The number of fused-ring (bicyclic) bond motifs is 1. The Bertz CT molecular complexity index is 533. The van der Waals surface area contributed by atoms with Gasteiger partial charge in [-0.25, -0.2) is 13.2 Å². The van der Waals surface area contributed by atoms with E-state index in [-0.39, 0.29) is 12.2 Å². The second-order valence-corrected chi connectivity index (χ2v) is 5.66. The summed E-state index contributed by atoms with van der Waals surface area (Å²) in [6.45, 7) is 0.458. The molecule has 2 N–H and O–H groups in total. The molecule has 0 saturated heterocycles. The van der Waals surface area contributed by atoms with Crippen LogP contribution in [0.25, 0.3) is 0 Å². The normalized spacial score (nSPS) is 17.1. The minimum Gasteiger partial charge on any atom is -0.476 e. The van der Waals surface area contributed by atoms with Gasteiger partial charge in [0.05, 0.1) is 18.5 Å². The van der Waals surface area contributed by atoms with Crippen molar-refractivity contribution in [3.05, 3.63) is 17.0 Å². The van der Waals surface area contributed by atoms with Gasteiger partial charge in [0.15, 0.2) is 5.69 Å². The molecule has 1 aliphatic rings. The number of sulfonamides is 1. The molecule has 0 amide bonds. The Morgan fingerprint density at radius 2 is 2.25 bits per heavy atom. The molecule has 7 nitrogen and oxygen atoms in total. The Morgan fingerprint density at radius 1 is 1.56 bits per heavy atom. The van der Waals surface area contributed by atoms with E-state index in [2.05, 4.69) is 10.2 Å². The first kappa shape index (κ1) is 11.1. The van der Waals surface area contributed by atoms with E-state index < -0.39 is 16.0 Å². The zero-order chi connectivity index (χ0) is 11.9. The highest BCUT2D eigenvalue weighted by Gasteiger charge is 2.28. The van der Waals surface area contributed by atoms with Crippen LogP contribution in [0.4, 0.5) is 0 Å². The van der Waals surface area contributed by atoms with E-state index in [4.69, 9.17) is 5.11 Å². The first-order chi connectivity index (χ1) is 7.39. The van der Waals surface area contributed by atoms with Crippen molar-refractivity contribution in [1.29, 1.82) is 0 Å². The van der Waals surface area contributed by atoms with E-state index in [9.17, 15) is 13.2 Å². The second kappa shape index (κ2) is 3.56. The van der Waals surface area contributed by atoms with Gasteiger partial charge in [-0.1, -0.05) is 0 Å². The van der Waals surface area contributed by atoms with Crippen LogP contribution >= 0.6 is 0 Å². The molecule has 0 unspecified atom stereocenters. The first-order valence-corrected chi connectivity index (χ1v) is 6.49. The van der Waals surface area contributed by atoms with E-state index in [0.717, 1.165) is 6.26 Å². The van der Waals surface area contributed by atoms with Crippen molar-refractivity contribution in [2.24, 2.45) is 0 Å². The van der Waals surface area contributed by atoms with Crippen molar-refractivity contribution in [1.82, 2.24) is 14.5 Å². The molecule has 2 rings (SSSR count). The largest absolute Gasteiger partial charge is 0.476 e. The van der Waals surface area contributed by atoms with Crippen LogP contribution in [-0.2, 0) is 23.0 Å². The minimum absolute atomic E-state index is 0.0110. The maximum atomic E-state index is 11.3. The molecule has 0 aliphatic carbocycles. The van der Waals surface area contributed by atoms with Crippen molar-refractivity contribution < 1.29 is 18.3 Å². The van der Waals surface area contributed by atoms with Gasteiger partial charge in [0.2, 0.25) is 10.0 Å². The van der Waals surface area contributed by atoms with Gasteiger partial charge >= 0.3 is 5.97 Å². The smallest absolute Gasteiger partial charge is 0.356 e. The van der Waals surface area contributed by atoms with Gasteiger partial charge in [-0.15, -0.1) is 0 Å². The number of H-pyrrole nitrogens is 1. The number of carboxylic acid groups (broad SMARTS) is 1. The third-order valence-corrected chi connectivity index (χ3v) is 3.82. The first-order valence-electron chi connectivity index (χ1n) is 4.64. The number of aromatic carboxylic acids is 1. The number of carboxylic acids is 1. The van der Waals surface area contributed by atoms with Crippen LogP contribution in [-0.4, -0.2) is 46.8 Å². The molecule has 16 heavy (non-hydrogen) atoms. The van der Waals surface area contributed by atoms with Gasteiger partial charge in [0.1, 0.15) is 0 Å². The van der Waals surface area contributed by atoms with Gasteiger partial charge in [-0.3, -0.25) is 5.10 Å². The van der Waals surface area contributed by atoms with Crippen LogP contribution in [0.2, 0.25) is 0 Å². The zero-order valence-corrected chi connectivity index (χ0v) is 9.41. The summed E-state index contributed by atoms with van der Waals surface area (Å²) in [6.07, 6.45) is 1.51. The molecule has 1 aromatic heterocycles. The van der Waals surface area contributed by atoms with E-state index in [1.165, 1.54) is 4.31 Å². The van der Waals surface area contributed by atoms with Gasteiger partial charge in [0, 0.05) is 12.1 Å². The summed E-state index contributed by atoms with van der Waals surface area (Å²) in [5.74, 6) is -1.09. The van der Waals surface area contributed by atoms with Crippen LogP contribution in [0.15, 0.2) is 0 Å². The molecule has 0 bridgehead atoms. The summed E-state index contributed by atoms with van der Waals surface area (Å²) in [5, 5.41) is 15.1. The fraction of sp³-hybridized carbons (Fsp3) is 0.500. The van der Waals surface area contributed by atoms with E-state index in [1.54, 1.807) is 0 Å². The SMILES string of the molecule is CS(=O)(=O)N1CCc2c(C(=O)O)n[nH]c2C1. The Kier molecular flexibility index (Phi) is 2.47. The monoisotopic (exact) mass is 245 g/mol. The number of aromatic amines is 1. The average molecular weight is 245 g/mol. The predicted molar refractivity (Wildman–Crippen MR) is 54.5 cm³/mol. The Morgan fingerprint density at radius 3 is 2.81 bits per heavy atom. The molecule has 8 heteroatoms. The highest BCUT2D eigenvalue weighted by Crippen LogP contribution is 2.21. The van der Waals surface area contributed by atoms with Gasteiger partial charge in [-0.2, -0.15) is 9.40 Å². The van der Waals surface area contributed by atoms with Crippen LogP contribution in [0, 0.1) is 0 Å². The molecule has 0 aromatic carbocycles. The lowest BCUT2D eigenvalue weighted by Gasteiger charge is -2.23. The zero-order valence-electron chi connectivity index (χ0n) is 8.60. The Hall–Kier alpha value is -1.41. The van der Waals surface area contributed by atoms with Crippen LogP contribution in [0.3, 0.4) is 0 Å². The highest BCUT2D eigenvalue weighted by atomic mass is 32.2. The lowest BCUT2D eigenvalue weighted by molar-refractivity contribution is 0.0689. The number of rotatable bonds is 2. The maximum Gasteiger partial charge on any atom is 0.356 e. The fourth-order valence-electron chi connectivity index (χ4n) is 1.75. The van der Waals surface area contributed by atoms with Crippen molar-refractivity contribution in [3.8, 4) is 0 Å². The molecule has 0 fully saturated rings. The average Bonchev–Trinajstić information content (AvgIpc) is 2.58. The molecule has 1 aliphatic heterocycles. The third-order valence-electron chi connectivity index (χ3n) is 2.57. The van der Waals surface area contributed by atoms with Crippen molar-refractivity contribution in [2.75, 3.05) is 12.8 Å². The van der Waals surface area contributed by atoms with Crippen LogP contribution in [0.1, 0.15) is 21.7 Å². The molecule has 1 aromatic rings.